The number of rotatable bonds is 2. The molecule has 1 saturated carbocycles. The molecule has 15 heavy (non-hydrogen) atoms. The summed E-state index contributed by atoms with van der Waals surface area (Å²) in [4.78, 5) is 15.7. The molecule has 0 aliphatic heterocycles. The zero-order valence-corrected chi connectivity index (χ0v) is 10.1. The summed E-state index contributed by atoms with van der Waals surface area (Å²) in [6, 6.07) is 1.92. The van der Waals surface area contributed by atoms with Gasteiger partial charge >= 0.3 is 5.97 Å². The molecule has 1 fully saturated rings. The number of aromatic nitrogens is 1. The summed E-state index contributed by atoms with van der Waals surface area (Å²) in [5.41, 5.74) is 1.65. The molecule has 1 aromatic heterocycles. The van der Waals surface area contributed by atoms with Gasteiger partial charge in [-0.1, -0.05) is 6.42 Å². The van der Waals surface area contributed by atoms with Crippen LogP contribution in [-0.4, -0.2) is 18.1 Å². The zero-order chi connectivity index (χ0) is 10.8. The van der Waals surface area contributed by atoms with Crippen LogP contribution in [0.2, 0.25) is 0 Å². The Kier molecular flexibility index (Phi) is 3.05. The number of nitrogens with zero attached hydrogens (tertiary/aromatic N) is 1. The molecule has 0 atom stereocenters. The molecule has 0 N–H and O–H groups in total. The number of esters is 1. The van der Waals surface area contributed by atoms with E-state index in [0.29, 0.717) is 16.1 Å². The van der Waals surface area contributed by atoms with E-state index in [4.69, 9.17) is 4.74 Å². The Bertz CT molecular complexity index is 388. The molecule has 1 aliphatic rings. The molecule has 0 spiro atoms. The van der Waals surface area contributed by atoms with E-state index in [1.165, 1.54) is 13.5 Å². The molecular formula is C11H12BrNO2. The Morgan fingerprint density at radius 3 is 2.87 bits per heavy atom. The first-order valence-corrected chi connectivity index (χ1v) is 5.76. The van der Waals surface area contributed by atoms with Gasteiger partial charge < -0.3 is 4.74 Å². The molecule has 0 unspecified atom stereocenters. The lowest BCUT2D eigenvalue weighted by Crippen LogP contribution is -2.15. The van der Waals surface area contributed by atoms with E-state index in [-0.39, 0.29) is 5.97 Å². The number of carbonyl (C=O) groups is 1. The van der Waals surface area contributed by atoms with Crippen LogP contribution in [0, 0.1) is 0 Å². The van der Waals surface area contributed by atoms with E-state index in [0.717, 1.165) is 18.4 Å². The summed E-state index contributed by atoms with van der Waals surface area (Å²) in [7, 11) is 1.40. The Labute approximate surface area is 97.0 Å². The maximum absolute atomic E-state index is 11.6. The van der Waals surface area contributed by atoms with Crippen molar-refractivity contribution in [2.24, 2.45) is 0 Å². The fourth-order valence-electron chi connectivity index (χ4n) is 1.81. The SMILES string of the molecule is COC(=O)c1c(C2CCC2)ccnc1Br. The lowest BCUT2D eigenvalue weighted by Gasteiger charge is -2.27. The van der Waals surface area contributed by atoms with Gasteiger partial charge in [-0.2, -0.15) is 0 Å². The lowest BCUT2D eigenvalue weighted by molar-refractivity contribution is 0.0596. The fourth-order valence-corrected chi connectivity index (χ4v) is 2.32. The summed E-state index contributed by atoms with van der Waals surface area (Å²) < 4.78 is 5.35. The monoisotopic (exact) mass is 269 g/mol. The van der Waals surface area contributed by atoms with Crippen LogP contribution in [0.4, 0.5) is 0 Å². The molecule has 0 radical (unpaired) electrons. The second-order valence-electron chi connectivity index (χ2n) is 3.69. The highest BCUT2D eigenvalue weighted by molar-refractivity contribution is 9.10. The van der Waals surface area contributed by atoms with Gasteiger partial charge in [0.2, 0.25) is 0 Å². The van der Waals surface area contributed by atoms with Gasteiger partial charge in [-0.05, 0) is 46.3 Å². The Morgan fingerprint density at radius 1 is 1.60 bits per heavy atom. The second-order valence-corrected chi connectivity index (χ2v) is 4.44. The molecular weight excluding hydrogens is 258 g/mol. The molecule has 4 heteroatoms. The minimum Gasteiger partial charge on any atom is -0.465 e. The summed E-state index contributed by atoms with van der Waals surface area (Å²) >= 11 is 3.30. The standard InChI is InChI=1S/C11H12BrNO2/c1-15-11(14)9-8(7-3-2-4-7)5-6-13-10(9)12/h5-7H,2-4H2,1H3. The van der Waals surface area contributed by atoms with Crippen molar-refractivity contribution in [3.8, 4) is 0 Å². The summed E-state index contributed by atoms with van der Waals surface area (Å²) in [6.45, 7) is 0. The molecule has 0 saturated heterocycles. The molecule has 2 rings (SSSR count). The molecule has 3 nitrogen and oxygen atoms in total. The number of pyridine rings is 1. The molecule has 80 valence electrons. The Balaban J connectivity index is 2.43. The maximum atomic E-state index is 11.6. The van der Waals surface area contributed by atoms with E-state index < -0.39 is 0 Å². The van der Waals surface area contributed by atoms with Crippen LogP contribution in [0.1, 0.15) is 41.1 Å². The number of hydrogen-bond acceptors (Lipinski definition) is 3. The number of ether oxygens (including phenoxy) is 1. The van der Waals surface area contributed by atoms with Crippen molar-refractivity contribution in [1.29, 1.82) is 0 Å². The van der Waals surface area contributed by atoms with Crippen molar-refractivity contribution in [2.45, 2.75) is 25.2 Å². The van der Waals surface area contributed by atoms with E-state index >= 15 is 0 Å². The van der Waals surface area contributed by atoms with Crippen molar-refractivity contribution in [1.82, 2.24) is 4.98 Å². The predicted octanol–water partition coefficient (Wildman–Crippen LogP) is 2.90. The zero-order valence-electron chi connectivity index (χ0n) is 8.50. The van der Waals surface area contributed by atoms with Gasteiger partial charge in [-0.3, -0.25) is 0 Å². The van der Waals surface area contributed by atoms with Crippen LogP contribution in [0.3, 0.4) is 0 Å². The maximum Gasteiger partial charge on any atom is 0.340 e. The second kappa shape index (κ2) is 4.31. The summed E-state index contributed by atoms with van der Waals surface area (Å²) in [5, 5.41) is 0. The van der Waals surface area contributed by atoms with Crippen molar-refractivity contribution in [2.75, 3.05) is 7.11 Å². The predicted molar refractivity (Wildman–Crippen MR) is 59.9 cm³/mol. The Morgan fingerprint density at radius 2 is 2.33 bits per heavy atom. The van der Waals surface area contributed by atoms with Crippen molar-refractivity contribution in [3.05, 3.63) is 28.0 Å². The first-order valence-electron chi connectivity index (χ1n) is 4.96. The average molecular weight is 270 g/mol. The van der Waals surface area contributed by atoms with Gasteiger partial charge in [0.15, 0.2) is 0 Å². The fraction of sp³-hybridized carbons (Fsp3) is 0.455. The summed E-state index contributed by atoms with van der Waals surface area (Å²) in [6.07, 6.45) is 5.27. The van der Waals surface area contributed by atoms with E-state index in [2.05, 4.69) is 20.9 Å². The number of halogens is 1. The number of methoxy groups -OCH3 is 1. The molecule has 0 amide bonds. The van der Waals surface area contributed by atoms with Gasteiger partial charge in [-0.15, -0.1) is 0 Å². The van der Waals surface area contributed by atoms with Crippen molar-refractivity contribution in [3.63, 3.8) is 0 Å². The molecule has 0 aromatic carbocycles. The van der Waals surface area contributed by atoms with Gasteiger partial charge in [-0.25, -0.2) is 9.78 Å². The largest absolute Gasteiger partial charge is 0.465 e. The topological polar surface area (TPSA) is 39.2 Å². The smallest absolute Gasteiger partial charge is 0.340 e. The highest BCUT2D eigenvalue weighted by Crippen LogP contribution is 2.39. The van der Waals surface area contributed by atoms with E-state index in [1.807, 2.05) is 6.07 Å². The van der Waals surface area contributed by atoms with E-state index in [1.54, 1.807) is 6.20 Å². The summed E-state index contributed by atoms with van der Waals surface area (Å²) in [5.74, 6) is 0.190. The van der Waals surface area contributed by atoms with Gasteiger partial charge in [0, 0.05) is 6.20 Å². The third kappa shape index (κ3) is 1.91. The van der Waals surface area contributed by atoms with Crippen LogP contribution < -0.4 is 0 Å². The third-order valence-corrected chi connectivity index (χ3v) is 3.47. The molecule has 1 heterocycles. The molecule has 0 bridgehead atoms. The average Bonchev–Trinajstić information content (AvgIpc) is 2.14. The third-order valence-electron chi connectivity index (χ3n) is 2.87. The molecule has 1 aliphatic carbocycles. The number of carbonyl (C=O) groups excluding carboxylic acids is 1. The number of hydrogen-bond donors (Lipinski definition) is 0. The van der Waals surface area contributed by atoms with Crippen LogP contribution in [0.5, 0.6) is 0 Å². The minimum atomic E-state index is -0.308. The van der Waals surface area contributed by atoms with E-state index in [9.17, 15) is 4.79 Å². The van der Waals surface area contributed by atoms with Crippen LogP contribution in [0.15, 0.2) is 16.9 Å². The normalized spacial score (nSPS) is 15.9. The lowest BCUT2D eigenvalue weighted by atomic mass is 9.79. The first kappa shape index (κ1) is 10.6. The van der Waals surface area contributed by atoms with Gasteiger partial charge in [0.05, 0.1) is 12.7 Å². The van der Waals surface area contributed by atoms with Crippen molar-refractivity contribution >= 4 is 21.9 Å². The van der Waals surface area contributed by atoms with Crippen LogP contribution in [-0.2, 0) is 4.74 Å². The highest BCUT2D eigenvalue weighted by Gasteiger charge is 2.26. The van der Waals surface area contributed by atoms with Gasteiger partial charge in [0.25, 0.3) is 0 Å². The quantitative estimate of drug-likeness (QED) is 0.612. The minimum absolute atomic E-state index is 0.308. The van der Waals surface area contributed by atoms with Crippen LogP contribution >= 0.6 is 15.9 Å². The first-order chi connectivity index (χ1) is 7.24. The highest BCUT2D eigenvalue weighted by atomic mass is 79.9. The molecule has 1 aromatic rings. The van der Waals surface area contributed by atoms with Gasteiger partial charge in [0.1, 0.15) is 4.60 Å². The van der Waals surface area contributed by atoms with Crippen molar-refractivity contribution < 1.29 is 9.53 Å². The Hall–Kier alpha value is -0.900. The van der Waals surface area contributed by atoms with Crippen LogP contribution in [0.25, 0.3) is 0 Å².